The first kappa shape index (κ1) is 13.7. The molecule has 0 bridgehead atoms. The molecule has 0 radical (unpaired) electrons. The Labute approximate surface area is 99.2 Å². The van der Waals surface area contributed by atoms with Gasteiger partial charge in [-0.25, -0.2) is 4.13 Å². The largest absolute Gasteiger partial charge is 0.250 e. The maximum Gasteiger partial charge on any atom is 0.0174 e. The highest BCUT2D eigenvalue weighted by molar-refractivity contribution is 8.43. The molecule has 0 spiro atoms. The third-order valence-corrected chi connectivity index (χ3v) is 8.26. The molecule has 1 saturated heterocycles. The van der Waals surface area contributed by atoms with Crippen LogP contribution in [0.2, 0.25) is 0 Å². The predicted octanol–water partition coefficient (Wildman–Crippen LogP) is 2.95. The fraction of sp³-hybridized carbons (Fsp3) is 1.00. The Kier molecular flexibility index (Phi) is 4.08. The van der Waals surface area contributed by atoms with E-state index in [1.807, 2.05) is 0 Å². The average molecular weight is 252 g/mol. The summed E-state index contributed by atoms with van der Waals surface area (Å²) in [7, 11) is -1.42. The van der Waals surface area contributed by atoms with E-state index in [4.69, 9.17) is 0 Å². The molecule has 1 aliphatic heterocycles. The van der Waals surface area contributed by atoms with E-state index in [0.717, 1.165) is 12.1 Å². The van der Waals surface area contributed by atoms with Crippen LogP contribution in [0.25, 0.3) is 0 Å². The second kappa shape index (κ2) is 4.47. The molecule has 0 aromatic heterocycles. The summed E-state index contributed by atoms with van der Waals surface area (Å²) in [6.07, 6.45) is 14.6. The molecule has 94 valence electrons. The molecular formula is C11H28N2S2. The van der Waals surface area contributed by atoms with Gasteiger partial charge in [-0.3, -0.25) is 4.31 Å². The molecule has 4 heteroatoms. The first-order valence-electron chi connectivity index (χ1n) is 5.62. The Bertz CT molecular complexity index is 213. The van der Waals surface area contributed by atoms with Crippen LogP contribution < -0.4 is 4.13 Å². The van der Waals surface area contributed by atoms with Crippen molar-refractivity contribution in [3.8, 4) is 0 Å². The highest BCUT2D eigenvalue weighted by Gasteiger charge is 2.36. The summed E-state index contributed by atoms with van der Waals surface area (Å²) in [4.78, 5) is 0. The van der Waals surface area contributed by atoms with E-state index in [9.17, 15) is 0 Å². The Balaban J connectivity index is 2.75. The summed E-state index contributed by atoms with van der Waals surface area (Å²) in [6.45, 7) is 4.75. The van der Waals surface area contributed by atoms with Crippen LogP contribution in [0.5, 0.6) is 0 Å². The van der Waals surface area contributed by atoms with Crippen molar-refractivity contribution in [3.05, 3.63) is 0 Å². The fourth-order valence-corrected chi connectivity index (χ4v) is 9.97. The molecular weight excluding hydrogens is 224 g/mol. The number of hydrogen-bond donors (Lipinski definition) is 1. The van der Waals surface area contributed by atoms with Gasteiger partial charge < -0.3 is 0 Å². The fourth-order valence-electron chi connectivity index (χ4n) is 2.73. The van der Waals surface area contributed by atoms with E-state index in [0.29, 0.717) is 0 Å². The Morgan fingerprint density at radius 3 is 1.67 bits per heavy atom. The van der Waals surface area contributed by atoms with Gasteiger partial charge >= 0.3 is 0 Å². The summed E-state index contributed by atoms with van der Waals surface area (Å²) in [5, 5.41) is 0. The van der Waals surface area contributed by atoms with Crippen LogP contribution in [-0.2, 0) is 0 Å². The Hall–Kier alpha value is 0.620. The average Bonchev–Trinajstić information content (AvgIpc) is 2.25. The highest BCUT2D eigenvalue weighted by Crippen LogP contribution is 2.53. The van der Waals surface area contributed by atoms with Crippen LogP contribution in [0.15, 0.2) is 0 Å². The van der Waals surface area contributed by atoms with Gasteiger partial charge in [0.05, 0.1) is 0 Å². The minimum absolute atomic E-state index is 0.621. The van der Waals surface area contributed by atoms with Gasteiger partial charge in [-0.2, -0.15) is 10.2 Å². The molecule has 1 aliphatic rings. The quantitative estimate of drug-likeness (QED) is 0.831. The van der Waals surface area contributed by atoms with E-state index in [-0.39, 0.29) is 0 Å². The lowest BCUT2D eigenvalue weighted by atomic mass is 10.2. The van der Waals surface area contributed by atoms with Gasteiger partial charge in [0.2, 0.25) is 0 Å². The van der Waals surface area contributed by atoms with Crippen molar-refractivity contribution >= 4 is 20.6 Å². The predicted molar refractivity (Wildman–Crippen MR) is 77.9 cm³/mol. The topological polar surface area (TPSA) is 15.3 Å². The van der Waals surface area contributed by atoms with Gasteiger partial charge in [0.15, 0.2) is 0 Å². The number of nitrogens with zero attached hydrogens (tertiary/aromatic N) is 1. The van der Waals surface area contributed by atoms with Crippen molar-refractivity contribution in [3.63, 3.8) is 0 Å². The zero-order chi connectivity index (χ0) is 11.9. The molecule has 1 heterocycles. The van der Waals surface area contributed by atoms with Crippen molar-refractivity contribution < 1.29 is 0 Å². The molecule has 0 aromatic carbocycles. The first-order valence-corrected chi connectivity index (χ1v) is 10.9. The molecule has 0 aromatic rings. The van der Waals surface area contributed by atoms with Gasteiger partial charge in [0, 0.05) is 12.1 Å². The highest BCUT2D eigenvalue weighted by atomic mass is 32.3. The molecule has 2 nitrogen and oxygen atoms in total. The third-order valence-electron chi connectivity index (χ3n) is 2.85. The van der Waals surface area contributed by atoms with Crippen molar-refractivity contribution in [2.24, 2.45) is 0 Å². The Morgan fingerprint density at radius 2 is 1.33 bits per heavy atom. The Morgan fingerprint density at radius 1 is 0.933 bits per heavy atom. The van der Waals surface area contributed by atoms with Crippen LogP contribution in [0.3, 0.4) is 0 Å². The van der Waals surface area contributed by atoms with Crippen molar-refractivity contribution in [1.29, 1.82) is 0 Å². The lowest BCUT2D eigenvalue weighted by Crippen LogP contribution is -2.41. The van der Waals surface area contributed by atoms with E-state index in [2.05, 4.69) is 53.6 Å². The molecule has 2 unspecified atom stereocenters. The monoisotopic (exact) mass is 252 g/mol. The summed E-state index contributed by atoms with van der Waals surface area (Å²) >= 11 is 0. The summed E-state index contributed by atoms with van der Waals surface area (Å²) < 4.78 is 6.62. The van der Waals surface area contributed by atoms with Gasteiger partial charge in [0.25, 0.3) is 0 Å². The van der Waals surface area contributed by atoms with Gasteiger partial charge in [0.1, 0.15) is 0 Å². The molecule has 1 N–H and O–H groups in total. The molecule has 0 aliphatic carbocycles. The molecule has 1 fully saturated rings. The zero-order valence-electron chi connectivity index (χ0n) is 11.3. The molecule has 0 amide bonds. The maximum atomic E-state index is 3.89. The van der Waals surface area contributed by atoms with E-state index in [1.165, 1.54) is 12.8 Å². The standard InChI is InChI=1S/C11H28N2S2/c1-10-8-9-11(2)13(10)15(6,7)12-14(3,4)5/h10-12H,8-9H2,1-7H3. The van der Waals surface area contributed by atoms with Crippen molar-refractivity contribution in [2.45, 2.75) is 38.8 Å². The second-order valence-corrected chi connectivity index (χ2v) is 13.1. The SMILES string of the molecule is CC1CCC(C)N1S(C)(C)NS(C)(C)C. The number of rotatable bonds is 3. The molecule has 0 saturated carbocycles. The molecule has 2 atom stereocenters. The van der Waals surface area contributed by atoms with Crippen LogP contribution in [0, 0.1) is 0 Å². The molecule has 1 rings (SSSR count). The summed E-state index contributed by atoms with van der Waals surface area (Å²) in [5.41, 5.74) is 0. The minimum atomic E-state index is -0.796. The normalized spacial score (nSPS) is 31.9. The lowest BCUT2D eigenvalue weighted by molar-refractivity contribution is 0.383. The number of nitrogens with one attached hydrogen (secondary N) is 1. The van der Waals surface area contributed by atoms with E-state index < -0.39 is 20.6 Å². The first-order chi connectivity index (χ1) is 6.63. The van der Waals surface area contributed by atoms with Crippen LogP contribution in [0.4, 0.5) is 0 Å². The lowest BCUT2D eigenvalue weighted by Gasteiger charge is -2.51. The third kappa shape index (κ3) is 3.55. The van der Waals surface area contributed by atoms with Crippen LogP contribution in [0.1, 0.15) is 26.7 Å². The smallest absolute Gasteiger partial charge is 0.0174 e. The van der Waals surface area contributed by atoms with Crippen LogP contribution in [-0.4, -0.2) is 47.7 Å². The van der Waals surface area contributed by atoms with Crippen molar-refractivity contribution in [1.82, 2.24) is 8.43 Å². The summed E-state index contributed by atoms with van der Waals surface area (Å²) in [6, 6.07) is 1.50. The summed E-state index contributed by atoms with van der Waals surface area (Å²) in [5.74, 6) is 0. The molecule has 15 heavy (non-hydrogen) atoms. The van der Waals surface area contributed by atoms with Gasteiger partial charge in [-0.15, -0.1) is 10.4 Å². The van der Waals surface area contributed by atoms with Gasteiger partial charge in [-0.1, -0.05) is 0 Å². The van der Waals surface area contributed by atoms with E-state index >= 15 is 0 Å². The van der Waals surface area contributed by atoms with E-state index in [1.54, 1.807) is 0 Å². The van der Waals surface area contributed by atoms with Gasteiger partial charge in [-0.05, 0) is 58.0 Å². The number of hydrogen-bond acceptors (Lipinski definition) is 2. The maximum absolute atomic E-state index is 3.89. The second-order valence-electron chi connectivity index (χ2n) is 5.83. The zero-order valence-corrected chi connectivity index (χ0v) is 13.0. The minimum Gasteiger partial charge on any atom is -0.250 e. The van der Waals surface area contributed by atoms with Crippen molar-refractivity contribution in [2.75, 3.05) is 31.3 Å². The van der Waals surface area contributed by atoms with Crippen LogP contribution >= 0.6 is 20.6 Å².